The van der Waals surface area contributed by atoms with Crippen LogP contribution >= 0.6 is 11.6 Å². The van der Waals surface area contributed by atoms with Crippen molar-refractivity contribution in [2.24, 2.45) is 5.92 Å². The molecule has 1 atom stereocenters. The molecular weight excluding hydrogens is 274 g/mol. The zero-order valence-electron chi connectivity index (χ0n) is 11.4. The van der Waals surface area contributed by atoms with E-state index in [1.807, 2.05) is 0 Å². The molecule has 1 unspecified atom stereocenters. The molecule has 0 aliphatic carbocycles. The summed E-state index contributed by atoms with van der Waals surface area (Å²) in [5, 5.41) is 9.41. The Labute approximate surface area is 124 Å². The number of anilines is 1. The minimum absolute atomic E-state index is 0.460. The molecular formula is C15H18ClN3O. The average molecular weight is 292 g/mol. The summed E-state index contributed by atoms with van der Waals surface area (Å²) in [6.45, 7) is 2.85. The predicted octanol–water partition coefficient (Wildman–Crippen LogP) is 3.00. The maximum absolute atomic E-state index is 8.84. The predicted molar refractivity (Wildman–Crippen MR) is 77.9 cm³/mol. The van der Waals surface area contributed by atoms with Gasteiger partial charge in [0.05, 0.1) is 16.7 Å². The molecule has 0 amide bonds. The summed E-state index contributed by atoms with van der Waals surface area (Å²) in [5.74, 6) is 1.47. The van der Waals surface area contributed by atoms with Crippen molar-refractivity contribution in [3.05, 3.63) is 22.8 Å². The summed E-state index contributed by atoms with van der Waals surface area (Å²) in [5.41, 5.74) is 0.507. The van der Waals surface area contributed by atoms with E-state index in [4.69, 9.17) is 21.6 Å². The molecule has 2 saturated heterocycles. The molecule has 1 aromatic rings. The van der Waals surface area contributed by atoms with Crippen LogP contribution in [-0.2, 0) is 4.74 Å². The van der Waals surface area contributed by atoms with Gasteiger partial charge in [0.1, 0.15) is 11.9 Å². The minimum Gasteiger partial charge on any atom is -0.378 e. The van der Waals surface area contributed by atoms with Gasteiger partial charge in [-0.1, -0.05) is 11.6 Å². The second-order valence-corrected chi connectivity index (χ2v) is 5.92. The highest BCUT2D eigenvalue weighted by Gasteiger charge is 2.30. The highest BCUT2D eigenvalue weighted by Crippen LogP contribution is 2.32. The lowest BCUT2D eigenvalue weighted by Gasteiger charge is -2.35. The summed E-state index contributed by atoms with van der Waals surface area (Å²) >= 11 is 6.23. The number of piperidine rings is 1. The van der Waals surface area contributed by atoms with Crippen LogP contribution in [0.3, 0.4) is 0 Å². The van der Waals surface area contributed by atoms with Gasteiger partial charge in [-0.15, -0.1) is 0 Å². The van der Waals surface area contributed by atoms with Crippen molar-refractivity contribution >= 4 is 17.4 Å². The molecule has 5 heteroatoms. The van der Waals surface area contributed by atoms with Gasteiger partial charge in [0, 0.05) is 25.9 Å². The molecule has 0 aromatic carbocycles. The first-order valence-corrected chi connectivity index (χ1v) is 7.58. The van der Waals surface area contributed by atoms with Gasteiger partial charge in [-0.25, -0.2) is 4.98 Å². The van der Waals surface area contributed by atoms with Crippen molar-refractivity contribution in [1.82, 2.24) is 4.98 Å². The van der Waals surface area contributed by atoms with E-state index in [0.717, 1.165) is 38.4 Å². The summed E-state index contributed by atoms with van der Waals surface area (Å²) in [6.07, 6.45) is 6.72. The fourth-order valence-electron chi connectivity index (χ4n) is 3.18. The third-order valence-electron chi connectivity index (χ3n) is 4.28. The van der Waals surface area contributed by atoms with E-state index in [2.05, 4.69) is 16.0 Å². The molecule has 20 heavy (non-hydrogen) atoms. The number of hydrogen-bond donors (Lipinski definition) is 0. The van der Waals surface area contributed by atoms with Crippen LogP contribution in [0.25, 0.3) is 0 Å². The zero-order chi connectivity index (χ0) is 13.9. The largest absolute Gasteiger partial charge is 0.378 e. The van der Waals surface area contributed by atoms with Crippen molar-refractivity contribution in [2.75, 3.05) is 24.6 Å². The third-order valence-corrected chi connectivity index (χ3v) is 4.56. The standard InChI is InChI=1S/C15H18ClN3O/c16-13-8-11(9-17)10-18-15(13)19-5-3-12(4-6-19)14-2-1-7-20-14/h8,10,12,14H,1-7H2. The highest BCUT2D eigenvalue weighted by molar-refractivity contribution is 6.33. The van der Waals surface area contributed by atoms with E-state index in [0.29, 0.717) is 22.6 Å². The van der Waals surface area contributed by atoms with E-state index in [1.54, 1.807) is 12.3 Å². The van der Waals surface area contributed by atoms with E-state index in [9.17, 15) is 0 Å². The summed E-state index contributed by atoms with van der Waals surface area (Å²) in [7, 11) is 0. The van der Waals surface area contributed by atoms with Gasteiger partial charge in [-0.3, -0.25) is 0 Å². The maximum atomic E-state index is 8.84. The van der Waals surface area contributed by atoms with Crippen molar-refractivity contribution in [3.8, 4) is 6.07 Å². The smallest absolute Gasteiger partial charge is 0.147 e. The van der Waals surface area contributed by atoms with Crippen LogP contribution < -0.4 is 4.90 Å². The third kappa shape index (κ3) is 2.74. The fraction of sp³-hybridized carbons (Fsp3) is 0.600. The Morgan fingerprint density at radius 2 is 2.15 bits per heavy atom. The number of halogens is 1. The lowest BCUT2D eigenvalue weighted by atomic mass is 9.90. The van der Waals surface area contributed by atoms with Gasteiger partial charge in [-0.2, -0.15) is 5.26 Å². The number of pyridine rings is 1. The second-order valence-electron chi connectivity index (χ2n) is 5.52. The number of rotatable bonds is 2. The minimum atomic E-state index is 0.460. The van der Waals surface area contributed by atoms with E-state index in [1.165, 1.54) is 12.8 Å². The molecule has 0 radical (unpaired) electrons. The fourth-order valence-corrected chi connectivity index (χ4v) is 3.47. The van der Waals surface area contributed by atoms with Crippen LogP contribution in [0.4, 0.5) is 5.82 Å². The molecule has 4 nitrogen and oxygen atoms in total. The topological polar surface area (TPSA) is 49.2 Å². The Balaban J connectivity index is 1.64. The van der Waals surface area contributed by atoms with Gasteiger partial charge >= 0.3 is 0 Å². The van der Waals surface area contributed by atoms with Crippen LogP contribution in [0.1, 0.15) is 31.2 Å². The van der Waals surface area contributed by atoms with Crippen molar-refractivity contribution in [2.45, 2.75) is 31.8 Å². The maximum Gasteiger partial charge on any atom is 0.147 e. The first-order chi connectivity index (χ1) is 9.78. The van der Waals surface area contributed by atoms with Crippen molar-refractivity contribution in [1.29, 1.82) is 5.26 Å². The summed E-state index contributed by atoms with van der Waals surface area (Å²) in [6, 6.07) is 3.75. The van der Waals surface area contributed by atoms with E-state index < -0.39 is 0 Å². The van der Waals surface area contributed by atoms with Gasteiger partial charge in [0.25, 0.3) is 0 Å². The Morgan fingerprint density at radius 3 is 2.75 bits per heavy atom. The molecule has 3 heterocycles. The second kappa shape index (κ2) is 5.99. The van der Waals surface area contributed by atoms with Crippen molar-refractivity contribution in [3.63, 3.8) is 0 Å². The van der Waals surface area contributed by atoms with Crippen LogP contribution in [0.5, 0.6) is 0 Å². The molecule has 2 aliphatic rings. The van der Waals surface area contributed by atoms with Gasteiger partial charge in [0.2, 0.25) is 0 Å². The summed E-state index contributed by atoms with van der Waals surface area (Å²) < 4.78 is 5.79. The van der Waals surface area contributed by atoms with Crippen LogP contribution in [0.2, 0.25) is 5.02 Å². The Morgan fingerprint density at radius 1 is 1.35 bits per heavy atom. The molecule has 106 valence electrons. The lowest BCUT2D eigenvalue weighted by Crippen LogP contribution is -2.38. The molecule has 0 N–H and O–H groups in total. The normalized spacial score (nSPS) is 23.8. The van der Waals surface area contributed by atoms with Crippen LogP contribution in [0, 0.1) is 17.2 Å². The molecule has 2 aliphatic heterocycles. The number of hydrogen-bond acceptors (Lipinski definition) is 4. The number of nitriles is 1. The Bertz CT molecular complexity index is 514. The monoisotopic (exact) mass is 291 g/mol. The SMILES string of the molecule is N#Cc1cnc(N2CCC(C3CCCO3)CC2)c(Cl)c1. The average Bonchev–Trinajstić information content (AvgIpc) is 3.01. The van der Waals surface area contributed by atoms with E-state index >= 15 is 0 Å². The Kier molecular flexibility index (Phi) is 4.09. The number of aromatic nitrogens is 1. The first-order valence-electron chi connectivity index (χ1n) is 7.20. The number of ether oxygens (including phenoxy) is 1. The molecule has 0 saturated carbocycles. The first kappa shape index (κ1) is 13.7. The van der Waals surface area contributed by atoms with Crippen LogP contribution in [-0.4, -0.2) is 30.8 Å². The molecule has 0 bridgehead atoms. The lowest BCUT2D eigenvalue weighted by molar-refractivity contribution is 0.0531. The number of nitrogens with zero attached hydrogens (tertiary/aromatic N) is 3. The van der Waals surface area contributed by atoms with E-state index in [-0.39, 0.29) is 0 Å². The summed E-state index contributed by atoms with van der Waals surface area (Å²) in [4.78, 5) is 6.55. The highest BCUT2D eigenvalue weighted by atomic mass is 35.5. The molecule has 3 rings (SSSR count). The molecule has 0 spiro atoms. The molecule has 2 fully saturated rings. The molecule has 1 aromatic heterocycles. The quantitative estimate of drug-likeness (QED) is 0.840. The van der Waals surface area contributed by atoms with Gasteiger partial charge in [-0.05, 0) is 37.7 Å². The van der Waals surface area contributed by atoms with Gasteiger partial charge < -0.3 is 9.64 Å². The Hall–Kier alpha value is -1.31. The van der Waals surface area contributed by atoms with Gasteiger partial charge in [0.15, 0.2) is 0 Å². The van der Waals surface area contributed by atoms with Crippen LogP contribution in [0.15, 0.2) is 12.3 Å². The van der Waals surface area contributed by atoms with Crippen molar-refractivity contribution < 1.29 is 4.74 Å². The zero-order valence-corrected chi connectivity index (χ0v) is 12.1.